The molecule has 1 N–H and O–H groups in total. The number of likely N-dealkylation sites (N-methyl/N-ethyl adjacent to an activating group) is 1. The highest BCUT2D eigenvalue weighted by Crippen LogP contribution is 2.09. The van der Waals surface area contributed by atoms with Crippen LogP contribution in [0.3, 0.4) is 0 Å². The van der Waals surface area contributed by atoms with Crippen molar-refractivity contribution < 1.29 is 5.11 Å². The van der Waals surface area contributed by atoms with Crippen molar-refractivity contribution in [1.29, 1.82) is 0 Å². The van der Waals surface area contributed by atoms with Crippen LogP contribution in [0.2, 0.25) is 0 Å². The molecule has 0 saturated carbocycles. The van der Waals surface area contributed by atoms with Crippen molar-refractivity contribution in [1.82, 2.24) is 9.80 Å². The van der Waals surface area contributed by atoms with Gasteiger partial charge in [-0.25, -0.2) is 0 Å². The van der Waals surface area contributed by atoms with Crippen LogP contribution in [0.1, 0.15) is 27.2 Å². The smallest absolute Gasteiger partial charge is 0.0639 e. The van der Waals surface area contributed by atoms with E-state index in [0.29, 0.717) is 6.04 Å². The quantitative estimate of drug-likeness (QED) is 0.729. The molecule has 0 radical (unpaired) electrons. The molecule has 3 heteroatoms. The molecule has 0 spiro atoms. The van der Waals surface area contributed by atoms with E-state index < -0.39 is 0 Å². The first-order chi connectivity index (χ1) is 6.63. The van der Waals surface area contributed by atoms with Gasteiger partial charge >= 0.3 is 0 Å². The molecule has 1 saturated heterocycles. The topological polar surface area (TPSA) is 26.7 Å². The molecular formula is C11H24N2O. The molecule has 14 heavy (non-hydrogen) atoms. The summed E-state index contributed by atoms with van der Waals surface area (Å²) in [6.07, 6.45) is 1.02. The lowest BCUT2D eigenvalue weighted by Gasteiger charge is -2.29. The molecule has 1 unspecified atom stereocenters. The lowest BCUT2D eigenvalue weighted by Crippen LogP contribution is -2.42. The maximum absolute atomic E-state index is 9.38. The Morgan fingerprint density at radius 2 is 2.14 bits per heavy atom. The molecule has 0 aromatic heterocycles. The van der Waals surface area contributed by atoms with Crippen molar-refractivity contribution in [2.75, 3.05) is 32.7 Å². The standard InChI is InChI=1S/C11H24N2O/c1-4-12-6-5-7-13(9-11(3)14)10(2)8-12/h10-11,14H,4-9H2,1-3H3/t10?,11-/m0/s1. The molecule has 1 aliphatic heterocycles. The minimum absolute atomic E-state index is 0.203. The van der Waals surface area contributed by atoms with Crippen LogP contribution in [-0.2, 0) is 0 Å². The van der Waals surface area contributed by atoms with E-state index in [1.54, 1.807) is 0 Å². The van der Waals surface area contributed by atoms with Gasteiger partial charge in [-0.15, -0.1) is 0 Å². The maximum atomic E-state index is 9.38. The Kier molecular flexibility index (Phi) is 4.85. The van der Waals surface area contributed by atoms with Crippen molar-refractivity contribution in [2.45, 2.75) is 39.3 Å². The second-order valence-corrected chi connectivity index (χ2v) is 4.44. The Bertz CT molecular complexity index is 161. The number of aliphatic hydroxyl groups is 1. The van der Waals surface area contributed by atoms with Gasteiger partial charge in [0, 0.05) is 19.1 Å². The highest BCUT2D eigenvalue weighted by Gasteiger charge is 2.21. The van der Waals surface area contributed by atoms with Gasteiger partial charge in [0.1, 0.15) is 0 Å². The van der Waals surface area contributed by atoms with Crippen molar-refractivity contribution >= 4 is 0 Å². The average Bonchev–Trinajstić information content (AvgIpc) is 2.28. The van der Waals surface area contributed by atoms with E-state index in [4.69, 9.17) is 0 Å². The Morgan fingerprint density at radius 3 is 2.71 bits per heavy atom. The number of nitrogens with zero attached hydrogens (tertiary/aromatic N) is 2. The number of rotatable bonds is 3. The van der Waals surface area contributed by atoms with Crippen molar-refractivity contribution in [3.8, 4) is 0 Å². The van der Waals surface area contributed by atoms with E-state index in [2.05, 4.69) is 23.6 Å². The number of hydrogen-bond donors (Lipinski definition) is 1. The molecule has 1 rings (SSSR count). The summed E-state index contributed by atoms with van der Waals surface area (Å²) in [4.78, 5) is 4.90. The summed E-state index contributed by atoms with van der Waals surface area (Å²) in [5, 5.41) is 9.38. The predicted octanol–water partition coefficient (Wildman–Crippen LogP) is 0.783. The van der Waals surface area contributed by atoms with Crippen LogP contribution in [0.15, 0.2) is 0 Å². The van der Waals surface area contributed by atoms with Gasteiger partial charge in [0.2, 0.25) is 0 Å². The Morgan fingerprint density at radius 1 is 1.43 bits per heavy atom. The summed E-state index contributed by atoms with van der Waals surface area (Å²) in [5.74, 6) is 0. The molecule has 0 aromatic carbocycles. The van der Waals surface area contributed by atoms with E-state index >= 15 is 0 Å². The second-order valence-electron chi connectivity index (χ2n) is 4.44. The summed E-state index contributed by atoms with van der Waals surface area (Å²) in [5.41, 5.74) is 0. The molecule has 1 aliphatic rings. The Labute approximate surface area is 87.7 Å². The molecule has 0 aromatic rings. The highest BCUT2D eigenvalue weighted by atomic mass is 16.3. The van der Waals surface area contributed by atoms with Gasteiger partial charge in [-0.2, -0.15) is 0 Å². The monoisotopic (exact) mass is 200 g/mol. The summed E-state index contributed by atoms with van der Waals surface area (Å²) in [7, 11) is 0. The fourth-order valence-electron chi connectivity index (χ4n) is 2.20. The van der Waals surface area contributed by atoms with E-state index in [0.717, 1.165) is 26.2 Å². The van der Waals surface area contributed by atoms with Crippen LogP contribution < -0.4 is 0 Å². The van der Waals surface area contributed by atoms with E-state index in [9.17, 15) is 5.11 Å². The number of β-amino-alcohol motifs (C(OH)–C–C–N with tert-alkyl or cyclic N) is 1. The molecule has 84 valence electrons. The molecular weight excluding hydrogens is 176 g/mol. The van der Waals surface area contributed by atoms with Crippen molar-refractivity contribution in [3.63, 3.8) is 0 Å². The van der Waals surface area contributed by atoms with Gasteiger partial charge < -0.3 is 10.0 Å². The zero-order valence-electron chi connectivity index (χ0n) is 9.74. The maximum Gasteiger partial charge on any atom is 0.0639 e. The van der Waals surface area contributed by atoms with Gasteiger partial charge in [-0.05, 0) is 39.9 Å². The fourth-order valence-corrected chi connectivity index (χ4v) is 2.20. The third-order valence-electron chi connectivity index (χ3n) is 3.01. The van der Waals surface area contributed by atoms with Crippen LogP contribution in [0.25, 0.3) is 0 Å². The molecule has 0 bridgehead atoms. The minimum atomic E-state index is -0.203. The Hall–Kier alpha value is -0.120. The third-order valence-corrected chi connectivity index (χ3v) is 3.01. The molecule has 1 heterocycles. The normalized spacial score (nSPS) is 28.7. The van der Waals surface area contributed by atoms with E-state index in [1.807, 2.05) is 6.92 Å². The van der Waals surface area contributed by atoms with Gasteiger partial charge in [0.15, 0.2) is 0 Å². The van der Waals surface area contributed by atoms with Crippen LogP contribution in [0.4, 0.5) is 0 Å². The van der Waals surface area contributed by atoms with Gasteiger partial charge in [0.25, 0.3) is 0 Å². The van der Waals surface area contributed by atoms with Crippen LogP contribution in [0, 0.1) is 0 Å². The van der Waals surface area contributed by atoms with Gasteiger partial charge in [-0.1, -0.05) is 6.92 Å². The summed E-state index contributed by atoms with van der Waals surface area (Å²) in [6.45, 7) is 11.8. The van der Waals surface area contributed by atoms with Gasteiger partial charge in [0.05, 0.1) is 6.10 Å². The van der Waals surface area contributed by atoms with Gasteiger partial charge in [-0.3, -0.25) is 4.90 Å². The van der Waals surface area contributed by atoms with E-state index in [-0.39, 0.29) is 6.10 Å². The SMILES string of the molecule is CCN1CCCN(C[C@H](C)O)C(C)C1. The average molecular weight is 200 g/mol. The van der Waals surface area contributed by atoms with Crippen LogP contribution in [0.5, 0.6) is 0 Å². The lowest BCUT2D eigenvalue weighted by molar-refractivity contribution is 0.102. The predicted molar refractivity (Wildman–Crippen MR) is 59.4 cm³/mol. The highest BCUT2D eigenvalue weighted by molar-refractivity contribution is 4.77. The zero-order chi connectivity index (χ0) is 10.6. The molecule has 2 atom stereocenters. The number of hydrogen-bond acceptors (Lipinski definition) is 3. The summed E-state index contributed by atoms with van der Waals surface area (Å²) < 4.78 is 0. The molecule has 3 nitrogen and oxygen atoms in total. The molecule has 0 aliphatic carbocycles. The summed E-state index contributed by atoms with van der Waals surface area (Å²) in [6, 6.07) is 0.576. The third kappa shape index (κ3) is 3.56. The Balaban J connectivity index is 2.44. The summed E-state index contributed by atoms with van der Waals surface area (Å²) >= 11 is 0. The van der Waals surface area contributed by atoms with E-state index in [1.165, 1.54) is 13.0 Å². The number of aliphatic hydroxyl groups excluding tert-OH is 1. The lowest BCUT2D eigenvalue weighted by atomic mass is 10.2. The second kappa shape index (κ2) is 5.69. The van der Waals surface area contributed by atoms with Crippen molar-refractivity contribution in [2.24, 2.45) is 0 Å². The largest absolute Gasteiger partial charge is 0.392 e. The first-order valence-corrected chi connectivity index (χ1v) is 5.78. The first kappa shape index (κ1) is 12.0. The molecule has 0 amide bonds. The first-order valence-electron chi connectivity index (χ1n) is 5.78. The zero-order valence-corrected chi connectivity index (χ0v) is 9.74. The van der Waals surface area contributed by atoms with Crippen LogP contribution >= 0.6 is 0 Å². The minimum Gasteiger partial charge on any atom is -0.392 e. The van der Waals surface area contributed by atoms with Crippen molar-refractivity contribution in [3.05, 3.63) is 0 Å². The van der Waals surface area contributed by atoms with Crippen LogP contribution in [-0.4, -0.2) is 59.8 Å². The molecule has 1 fully saturated rings. The fraction of sp³-hybridized carbons (Fsp3) is 1.00.